The molecule has 18 heavy (non-hydrogen) atoms. The van der Waals surface area contributed by atoms with Crippen molar-refractivity contribution in [3.05, 3.63) is 0 Å². The summed E-state index contributed by atoms with van der Waals surface area (Å²) in [6.45, 7) is 0.236. The average Bonchev–Trinajstić information content (AvgIpc) is 2.38. The Morgan fingerprint density at radius 2 is 2.22 bits per heavy atom. The van der Waals surface area contributed by atoms with Gasteiger partial charge < -0.3 is 10.1 Å². The summed E-state index contributed by atoms with van der Waals surface area (Å²) in [6, 6.07) is 0.570. The number of amidine groups is 1. The Labute approximate surface area is 111 Å². The third-order valence-corrected chi connectivity index (χ3v) is 4.50. The van der Waals surface area contributed by atoms with E-state index in [1.165, 1.54) is 25.7 Å². The van der Waals surface area contributed by atoms with Crippen LogP contribution in [0.3, 0.4) is 0 Å². The van der Waals surface area contributed by atoms with Crippen LogP contribution in [-0.2, 0) is 4.74 Å². The SMILES string of the molecule is FC(F)COCCN=C1NC2CCCCC2CS1. The second-order valence-corrected chi connectivity index (χ2v) is 5.77. The van der Waals surface area contributed by atoms with Crippen LogP contribution >= 0.6 is 11.8 Å². The van der Waals surface area contributed by atoms with Crippen molar-refractivity contribution in [1.29, 1.82) is 0 Å². The van der Waals surface area contributed by atoms with Gasteiger partial charge in [0.05, 0.1) is 13.2 Å². The zero-order valence-corrected chi connectivity index (χ0v) is 11.2. The van der Waals surface area contributed by atoms with Gasteiger partial charge in [0.25, 0.3) is 6.43 Å². The van der Waals surface area contributed by atoms with Gasteiger partial charge in [-0.15, -0.1) is 0 Å². The third-order valence-electron chi connectivity index (χ3n) is 3.39. The lowest BCUT2D eigenvalue weighted by Gasteiger charge is -2.36. The molecule has 2 aliphatic rings. The summed E-state index contributed by atoms with van der Waals surface area (Å²) >= 11 is 1.75. The van der Waals surface area contributed by atoms with E-state index < -0.39 is 13.0 Å². The summed E-state index contributed by atoms with van der Waals surface area (Å²) in [7, 11) is 0. The first-order chi connectivity index (χ1) is 8.75. The molecular formula is C12H20F2N2OS. The van der Waals surface area contributed by atoms with Gasteiger partial charge >= 0.3 is 0 Å². The molecular weight excluding hydrogens is 258 g/mol. The standard InChI is InChI=1S/C12H20F2N2OS/c13-11(14)7-17-6-5-15-12-16-10-4-2-1-3-9(10)8-18-12/h9-11H,1-8H2,(H,15,16). The number of rotatable bonds is 5. The van der Waals surface area contributed by atoms with Crippen LogP contribution < -0.4 is 5.32 Å². The number of ether oxygens (including phenoxy) is 1. The number of alkyl halides is 2. The highest BCUT2D eigenvalue weighted by molar-refractivity contribution is 8.13. The fourth-order valence-electron chi connectivity index (χ4n) is 2.46. The fraction of sp³-hybridized carbons (Fsp3) is 0.917. The Balaban J connectivity index is 1.66. The third kappa shape index (κ3) is 4.39. The van der Waals surface area contributed by atoms with Crippen LogP contribution in [0.2, 0.25) is 0 Å². The molecule has 0 radical (unpaired) electrons. The molecule has 6 heteroatoms. The lowest BCUT2D eigenvalue weighted by molar-refractivity contribution is 0.0207. The maximum absolute atomic E-state index is 11.8. The minimum absolute atomic E-state index is 0.268. The van der Waals surface area contributed by atoms with Gasteiger partial charge in [0, 0.05) is 11.8 Å². The van der Waals surface area contributed by atoms with Crippen molar-refractivity contribution in [3.63, 3.8) is 0 Å². The number of nitrogens with one attached hydrogen (secondary N) is 1. The highest BCUT2D eigenvalue weighted by Gasteiger charge is 2.29. The minimum Gasteiger partial charge on any atom is -0.374 e. The number of fused-ring (bicyclic) bond motifs is 1. The molecule has 1 aliphatic heterocycles. The van der Waals surface area contributed by atoms with Gasteiger partial charge in [-0.2, -0.15) is 0 Å². The quantitative estimate of drug-likeness (QED) is 0.785. The van der Waals surface area contributed by atoms with Crippen molar-refractivity contribution in [2.24, 2.45) is 10.9 Å². The van der Waals surface area contributed by atoms with Crippen LogP contribution in [0.5, 0.6) is 0 Å². The highest BCUT2D eigenvalue weighted by atomic mass is 32.2. The number of hydrogen-bond acceptors (Lipinski definition) is 3. The number of thioether (sulfide) groups is 1. The van der Waals surface area contributed by atoms with E-state index in [9.17, 15) is 8.78 Å². The molecule has 1 saturated carbocycles. The van der Waals surface area contributed by atoms with E-state index in [2.05, 4.69) is 10.3 Å². The molecule has 1 N–H and O–H groups in total. The number of hydrogen-bond donors (Lipinski definition) is 1. The maximum Gasteiger partial charge on any atom is 0.261 e. The monoisotopic (exact) mass is 278 g/mol. The smallest absolute Gasteiger partial charge is 0.261 e. The van der Waals surface area contributed by atoms with Gasteiger partial charge in [-0.25, -0.2) is 8.78 Å². The van der Waals surface area contributed by atoms with Gasteiger partial charge in [0.2, 0.25) is 0 Å². The number of halogens is 2. The molecule has 0 aromatic rings. The molecule has 0 aromatic carbocycles. The number of aliphatic imine (C=N–C) groups is 1. The van der Waals surface area contributed by atoms with Crippen LogP contribution in [0, 0.1) is 5.92 Å². The van der Waals surface area contributed by atoms with Crippen LogP contribution in [0.25, 0.3) is 0 Å². The molecule has 0 amide bonds. The zero-order chi connectivity index (χ0) is 12.8. The summed E-state index contributed by atoms with van der Waals surface area (Å²) in [5.74, 6) is 1.91. The molecule has 1 heterocycles. The van der Waals surface area contributed by atoms with Gasteiger partial charge in [0.15, 0.2) is 5.17 Å². The molecule has 3 nitrogen and oxygen atoms in total. The Morgan fingerprint density at radius 1 is 1.39 bits per heavy atom. The summed E-state index contributed by atoms with van der Waals surface area (Å²) in [5, 5.41) is 4.42. The van der Waals surface area contributed by atoms with Crippen LogP contribution in [-0.4, -0.2) is 43.1 Å². The van der Waals surface area contributed by atoms with Crippen LogP contribution in [0.1, 0.15) is 25.7 Å². The predicted molar refractivity (Wildman–Crippen MR) is 70.5 cm³/mol. The molecule has 0 bridgehead atoms. The van der Waals surface area contributed by atoms with Crippen molar-refractivity contribution in [2.75, 3.05) is 25.5 Å². The van der Waals surface area contributed by atoms with E-state index in [1.807, 2.05) is 0 Å². The number of nitrogens with zero attached hydrogens (tertiary/aromatic N) is 1. The molecule has 1 saturated heterocycles. The molecule has 2 unspecified atom stereocenters. The van der Waals surface area contributed by atoms with Gasteiger partial charge in [-0.05, 0) is 18.8 Å². The predicted octanol–water partition coefficient (Wildman–Crippen LogP) is 2.52. The van der Waals surface area contributed by atoms with E-state index in [0.717, 1.165) is 16.8 Å². The lowest BCUT2D eigenvalue weighted by Crippen LogP contribution is -2.46. The zero-order valence-electron chi connectivity index (χ0n) is 10.4. The van der Waals surface area contributed by atoms with E-state index in [1.54, 1.807) is 11.8 Å². The van der Waals surface area contributed by atoms with Gasteiger partial charge in [-0.3, -0.25) is 4.99 Å². The van der Waals surface area contributed by atoms with Crippen LogP contribution in [0.4, 0.5) is 8.78 Å². The highest BCUT2D eigenvalue weighted by Crippen LogP contribution is 2.31. The van der Waals surface area contributed by atoms with Crippen molar-refractivity contribution in [3.8, 4) is 0 Å². The van der Waals surface area contributed by atoms with E-state index in [0.29, 0.717) is 12.6 Å². The Kier molecular flexibility index (Phi) is 5.69. The van der Waals surface area contributed by atoms with E-state index >= 15 is 0 Å². The van der Waals surface area contributed by atoms with Gasteiger partial charge in [0.1, 0.15) is 6.61 Å². The maximum atomic E-state index is 11.8. The fourth-order valence-corrected chi connectivity index (χ4v) is 3.65. The Morgan fingerprint density at radius 3 is 3.06 bits per heavy atom. The summed E-state index contributed by atoms with van der Waals surface area (Å²) < 4.78 is 28.4. The molecule has 0 spiro atoms. The molecule has 2 atom stereocenters. The normalized spacial score (nSPS) is 30.3. The van der Waals surface area contributed by atoms with E-state index in [-0.39, 0.29) is 6.61 Å². The summed E-state index contributed by atoms with van der Waals surface area (Å²) in [5.41, 5.74) is 0. The second-order valence-electron chi connectivity index (χ2n) is 4.76. The minimum atomic E-state index is -2.39. The van der Waals surface area contributed by atoms with Crippen molar-refractivity contribution < 1.29 is 13.5 Å². The Bertz CT molecular complexity index is 289. The van der Waals surface area contributed by atoms with Crippen molar-refractivity contribution in [1.82, 2.24) is 5.32 Å². The molecule has 0 aromatic heterocycles. The first-order valence-electron chi connectivity index (χ1n) is 6.55. The molecule has 2 rings (SSSR count). The molecule has 104 valence electrons. The summed E-state index contributed by atoms with van der Waals surface area (Å²) in [4.78, 5) is 4.37. The molecule has 1 aliphatic carbocycles. The average molecular weight is 278 g/mol. The summed E-state index contributed by atoms with van der Waals surface area (Å²) in [6.07, 6.45) is 2.80. The molecule has 2 fully saturated rings. The van der Waals surface area contributed by atoms with Crippen molar-refractivity contribution in [2.45, 2.75) is 38.2 Å². The van der Waals surface area contributed by atoms with Crippen molar-refractivity contribution >= 4 is 16.9 Å². The first kappa shape index (κ1) is 14.1. The largest absolute Gasteiger partial charge is 0.374 e. The Hall–Kier alpha value is -0.360. The van der Waals surface area contributed by atoms with E-state index in [4.69, 9.17) is 4.74 Å². The lowest BCUT2D eigenvalue weighted by atomic mass is 9.86. The topological polar surface area (TPSA) is 33.6 Å². The van der Waals surface area contributed by atoms with Crippen LogP contribution in [0.15, 0.2) is 4.99 Å². The van der Waals surface area contributed by atoms with Gasteiger partial charge in [-0.1, -0.05) is 24.6 Å². The second kappa shape index (κ2) is 7.28. The first-order valence-corrected chi connectivity index (χ1v) is 7.54.